The molecule has 3 rings (SSSR count). The van der Waals surface area contributed by atoms with Crippen LogP contribution in [-0.2, 0) is 11.4 Å². The second kappa shape index (κ2) is 6.69. The molecule has 0 aliphatic heterocycles. The lowest BCUT2D eigenvalue weighted by Gasteiger charge is -1.95. The molecule has 0 aliphatic carbocycles. The normalized spacial score (nSPS) is 11.1. The molecule has 2 aromatic heterocycles. The molecule has 3 aromatic rings. The Bertz CT molecular complexity index is 720. The van der Waals surface area contributed by atoms with Crippen LogP contribution in [0.5, 0.6) is 0 Å². The monoisotopic (exact) mass is 362 g/mol. The Hall–Kier alpha value is -1.92. The SMILES string of the molecule is Brc1ccc(/C=N\OCc2coc(-c3cccs3)n2)cc1. The van der Waals surface area contributed by atoms with E-state index in [2.05, 4.69) is 26.1 Å². The van der Waals surface area contributed by atoms with Crippen molar-refractivity contribution in [3.63, 3.8) is 0 Å². The molecule has 0 bridgehead atoms. The van der Waals surface area contributed by atoms with Gasteiger partial charge in [0.25, 0.3) is 0 Å². The lowest BCUT2D eigenvalue weighted by atomic mass is 10.2. The third-order valence-electron chi connectivity index (χ3n) is 2.64. The van der Waals surface area contributed by atoms with Gasteiger partial charge in [-0.15, -0.1) is 11.3 Å². The highest BCUT2D eigenvalue weighted by atomic mass is 79.9. The van der Waals surface area contributed by atoms with Crippen LogP contribution >= 0.6 is 27.3 Å². The first-order chi connectivity index (χ1) is 10.3. The summed E-state index contributed by atoms with van der Waals surface area (Å²) in [7, 11) is 0. The van der Waals surface area contributed by atoms with E-state index in [4.69, 9.17) is 9.25 Å². The minimum absolute atomic E-state index is 0.280. The fraction of sp³-hybridized carbons (Fsp3) is 0.0667. The summed E-state index contributed by atoms with van der Waals surface area (Å²) in [4.78, 5) is 10.6. The third kappa shape index (κ3) is 3.80. The van der Waals surface area contributed by atoms with Crippen molar-refractivity contribution in [2.45, 2.75) is 6.61 Å². The molecule has 0 fully saturated rings. The Morgan fingerprint density at radius 3 is 2.90 bits per heavy atom. The minimum Gasteiger partial charge on any atom is -0.443 e. The number of thiophene rings is 1. The third-order valence-corrected chi connectivity index (χ3v) is 4.03. The van der Waals surface area contributed by atoms with E-state index in [0.29, 0.717) is 11.6 Å². The lowest BCUT2D eigenvalue weighted by Crippen LogP contribution is -1.88. The maximum absolute atomic E-state index is 5.40. The lowest BCUT2D eigenvalue weighted by molar-refractivity contribution is 0.129. The van der Waals surface area contributed by atoms with Crippen LogP contribution in [0.25, 0.3) is 10.8 Å². The standard InChI is InChI=1S/C15H11BrN2O2S/c16-12-5-3-11(4-6-12)8-17-20-10-13-9-19-15(18-13)14-2-1-7-21-14/h1-9H,10H2/b17-8-. The van der Waals surface area contributed by atoms with E-state index in [1.54, 1.807) is 23.8 Å². The zero-order valence-electron chi connectivity index (χ0n) is 10.9. The Kier molecular flexibility index (Phi) is 4.47. The first-order valence-electron chi connectivity index (χ1n) is 6.20. The smallest absolute Gasteiger partial charge is 0.236 e. The summed E-state index contributed by atoms with van der Waals surface area (Å²) in [5.41, 5.74) is 1.68. The van der Waals surface area contributed by atoms with E-state index in [-0.39, 0.29) is 6.61 Å². The maximum Gasteiger partial charge on any atom is 0.236 e. The number of benzene rings is 1. The van der Waals surface area contributed by atoms with E-state index in [0.717, 1.165) is 14.9 Å². The van der Waals surface area contributed by atoms with Gasteiger partial charge >= 0.3 is 0 Å². The van der Waals surface area contributed by atoms with Gasteiger partial charge in [-0.2, -0.15) is 0 Å². The highest BCUT2D eigenvalue weighted by molar-refractivity contribution is 9.10. The van der Waals surface area contributed by atoms with Crippen molar-refractivity contribution in [1.82, 2.24) is 4.98 Å². The van der Waals surface area contributed by atoms with Crippen LogP contribution in [0, 0.1) is 0 Å². The minimum atomic E-state index is 0.280. The molecular weight excluding hydrogens is 352 g/mol. The maximum atomic E-state index is 5.40. The second-order valence-electron chi connectivity index (χ2n) is 4.18. The van der Waals surface area contributed by atoms with Crippen LogP contribution in [-0.4, -0.2) is 11.2 Å². The number of hydrogen-bond acceptors (Lipinski definition) is 5. The molecule has 106 valence electrons. The van der Waals surface area contributed by atoms with Crippen molar-refractivity contribution < 1.29 is 9.25 Å². The second-order valence-corrected chi connectivity index (χ2v) is 6.04. The van der Waals surface area contributed by atoms with Gasteiger partial charge in [-0.3, -0.25) is 0 Å². The van der Waals surface area contributed by atoms with Gasteiger partial charge in [0, 0.05) is 4.47 Å². The Balaban J connectivity index is 1.55. The molecule has 0 atom stereocenters. The molecule has 0 amide bonds. The Morgan fingerprint density at radius 2 is 2.14 bits per heavy atom. The van der Waals surface area contributed by atoms with E-state index in [1.165, 1.54) is 0 Å². The summed E-state index contributed by atoms with van der Waals surface area (Å²) in [6.45, 7) is 0.280. The number of hydrogen-bond donors (Lipinski definition) is 0. The number of halogens is 1. The fourth-order valence-electron chi connectivity index (χ4n) is 1.64. The highest BCUT2D eigenvalue weighted by Gasteiger charge is 2.07. The van der Waals surface area contributed by atoms with Gasteiger partial charge in [0.15, 0.2) is 6.61 Å². The zero-order chi connectivity index (χ0) is 14.5. The molecule has 0 N–H and O–H groups in total. The molecule has 0 radical (unpaired) electrons. The van der Waals surface area contributed by atoms with Crippen molar-refractivity contribution >= 4 is 33.5 Å². The van der Waals surface area contributed by atoms with Crippen molar-refractivity contribution in [2.24, 2.45) is 5.16 Å². The van der Waals surface area contributed by atoms with Gasteiger partial charge in [-0.1, -0.05) is 39.3 Å². The molecule has 0 unspecified atom stereocenters. The van der Waals surface area contributed by atoms with E-state index in [9.17, 15) is 0 Å². The summed E-state index contributed by atoms with van der Waals surface area (Å²) in [6, 6.07) is 11.7. The van der Waals surface area contributed by atoms with E-state index >= 15 is 0 Å². The predicted octanol–water partition coefficient (Wildman–Crippen LogP) is 4.72. The van der Waals surface area contributed by atoms with Crippen LogP contribution in [0.2, 0.25) is 0 Å². The van der Waals surface area contributed by atoms with Gasteiger partial charge in [0.2, 0.25) is 5.89 Å². The topological polar surface area (TPSA) is 47.6 Å². The molecule has 21 heavy (non-hydrogen) atoms. The van der Waals surface area contributed by atoms with Crippen LogP contribution in [0.4, 0.5) is 0 Å². The molecule has 0 saturated heterocycles. The van der Waals surface area contributed by atoms with Crippen LogP contribution in [0.15, 0.2) is 62.1 Å². The summed E-state index contributed by atoms with van der Waals surface area (Å²) in [5.74, 6) is 0.612. The van der Waals surface area contributed by atoms with Crippen LogP contribution in [0.1, 0.15) is 11.3 Å². The first-order valence-corrected chi connectivity index (χ1v) is 7.88. The average Bonchev–Trinajstić information content (AvgIpc) is 3.16. The van der Waals surface area contributed by atoms with Crippen LogP contribution in [0.3, 0.4) is 0 Å². The van der Waals surface area contributed by atoms with Crippen molar-refractivity contribution in [1.29, 1.82) is 0 Å². The molecule has 4 nitrogen and oxygen atoms in total. The summed E-state index contributed by atoms with van der Waals surface area (Å²) in [6.07, 6.45) is 3.25. The Morgan fingerprint density at radius 1 is 1.29 bits per heavy atom. The molecule has 1 aromatic carbocycles. The predicted molar refractivity (Wildman–Crippen MR) is 86.3 cm³/mol. The molecule has 0 saturated carbocycles. The molecule has 0 aliphatic rings. The highest BCUT2D eigenvalue weighted by Crippen LogP contribution is 2.23. The quantitative estimate of drug-likeness (QED) is 0.487. The molecule has 6 heteroatoms. The van der Waals surface area contributed by atoms with Gasteiger partial charge < -0.3 is 9.25 Å². The van der Waals surface area contributed by atoms with Gasteiger partial charge in [-0.05, 0) is 29.1 Å². The van der Waals surface area contributed by atoms with Gasteiger partial charge in [-0.25, -0.2) is 4.98 Å². The fourth-order valence-corrected chi connectivity index (χ4v) is 2.56. The summed E-state index contributed by atoms with van der Waals surface area (Å²) in [5, 5.41) is 5.90. The zero-order valence-corrected chi connectivity index (χ0v) is 13.3. The number of oxime groups is 1. The van der Waals surface area contributed by atoms with Gasteiger partial charge in [0.1, 0.15) is 12.0 Å². The summed E-state index contributed by atoms with van der Waals surface area (Å²) >= 11 is 4.97. The van der Waals surface area contributed by atoms with Crippen LogP contribution < -0.4 is 0 Å². The largest absolute Gasteiger partial charge is 0.443 e. The number of nitrogens with zero attached hydrogens (tertiary/aromatic N) is 2. The number of rotatable bonds is 5. The Labute approximate surface area is 134 Å². The number of oxazole rings is 1. The average molecular weight is 363 g/mol. The van der Waals surface area contributed by atoms with E-state index < -0.39 is 0 Å². The summed E-state index contributed by atoms with van der Waals surface area (Å²) < 4.78 is 6.43. The number of aromatic nitrogens is 1. The van der Waals surface area contributed by atoms with E-state index in [1.807, 2.05) is 41.8 Å². The molecule has 2 heterocycles. The van der Waals surface area contributed by atoms with Gasteiger partial charge in [0.05, 0.1) is 11.1 Å². The molecular formula is C15H11BrN2O2S. The first kappa shape index (κ1) is 14.0. The van der Waals surface area contributed by atoms with Crippen molar-refractivity contribution in [3.05, 3.63) is 63.8 Å². The molecule has 0 spiro atoms. The van der Waals surface area contributed by atoms with Crippen molar-refractivity contribution in [2.75, 3.05) is 0 Å². The van der Waals surface area contributed by atoms with Crippen molar-refractivity contribution in [3.8, 4) is 10.8 Å².